The zero-order valence-corrected chi connectivity index (χ0v) is 5.50. The lowest BCUT2D eigenvalue weighted by Crippen LogP contribution is -2.02. The van der Waals surface area contributed by atoms with Crippen molar-refractivity contribution in [3.63, 3.8) is 0 Å². The molecule has 0 bridgehead atoms. The van der Waals surface area contributed by atoms with Gasteiger partial charge < -0.3 is 4.89 Å². The predicted molar refractivity (Wildman–Crippen MR) is 30.4 cm³/mol. The predicted octanol–water partition coefficient (Wildman–Crippen LogP) is 1.98. The van der Waals surface area contributed by atoms with E-state index in [1.54, 1.807) is 0 Å². The van der Waals surface area contributed by atoms with Crippen LogP contribution in [-0.4, -0.2) is 6.61 Å². The van der Waals surface area contributed by atoms with E-state index in [-0.39, 0.29) is 5.22 Å². The van der Waals surface area contributed by atoms with Crippen LogP contribution < -0.4 is 0 Å². The highest BCUT2D eigenvalue weighted by molar-refractivity contribution is 6.38. The second kappa shape index (κ2) is 2.58. The van der Waals surface area contributed by atoms with Gasteiger partial charge in [0.15, 0.2) is 0 Å². The van der Waals surface area contributed by atoms with Crippen LogP contribution in [-0.2, 0) is 9.78 Å². The highest BCUT2D eigenvalue weighted by Gasteiger charge is 2.09. The van der Waals surface area contributed by atoms with E-state index in [2.05, 4.69) is 9.78 Å². The fourth-order valence-corrected chi connectivity index (χ4v) is 0.616. The van der Waals surface area contributed by atoms with Gasteiger partial charge in [-0.1, -0.05) is 11.6 Å². The molecule has 4 heteroatoms. The molecular formula is C4H4Cl2O2. The van der Waals surface area contributed by atoms with E-state index in [9.17, 15) is 0 Å². The number of halogens is 2. The van der Waals surface area contributed by atoms with Crippen molar-refractivity contribution in [1.29, 1.82) is 0 Å². The molecule has 1 heterocycles. The molecule has 46 valence electrons. The molecule has 0 fully saturated rings. The van der Waals surface area contributed by atoms with Crippen LogP contribution in [0.5, 0.6) is 0 Å². The molecule has 8 heavy (non-hydrogen) atoms. The smallest absolute Gasteiger partial charge is 0.246 e. The first-order chi connectivity index (χ1) is 3.80. The summed E-state index contributed by atoms with van der Waals surface area (Å²) in [5.41, 5.74) is 0. The minimum Gasteiger partial charge on any atom is -0.324 e. The van der Waals surface area contributed by atoms with Gasteiger partial charge in [-0.3, -0.25) is 0 Å². The molecule has 0 amide bonds. The Morgan fingerprint density at radius 2 is 2.12 bits per heavy atom. The van der Waals surface area contributed by atoms with Crippen molar-refractivity contribution in [1.82, 2.24) is 0 Å². The van der Waals surface area contributed by atoms with Crippen molar-refractivity contribution < 1.29 is 9.78 Å². The van der Waals surface area contributed by atoms with Gasteiger partial charge in [0.2, 0.25) is 5.22 Å². The van der Waals surface area contributed by atoms with Crippen LogP contribution >= 0.6 is 23.2 Å². The molecule has 0 radical (unpaired) electrons. The van der Waals surface area contributed by atoms with E-state index in [0.29, 0.717) is 18.1 Å². The fraction of sp³-hybridized carbons (Fsp3) is 0.500. The monoisotopic (exact) mass is 154 g/mol. The summed E-state index contributed by atoms with van der Waals surface area (Å²) in [6.07, 6.45) is 0.639. The molecule has 2 nitrogen and oxygen atoms in total. The number of rotatable bonds is 0. The normalized spacial score (nSPS) is 20.8. The summed E-state index contributed by atoms with van der Waals surface area (Å²) in [4.78, 5) is 8.88. The Morgan fingerprint density at radius 3 is 2.50 bits per heavy atom. The number of hydrogen-bond donors (Lipinski definition) is 0. The second-order valence-corrected chi connectivity index (χ2v) is 2.13. The lowest BCUT2D eigenvalue weighted by molar-refractivity contribution is -0.261. The molecule has 0 saturated heterocycles. The molecule has 0 aromatic heterocycles. The molecule has 0 aliphatic carbocycles. The van der Waals surface area contributed by atoms with Gasteiger partial charge in [-0.15, -0.1) is 0 Å². The van der Waals surface area contributed by atoms with Crippen LogP contribution in [0, 0.1) is 0 Å². The minimum absolute atomic E-state index is 0.151. The first-order valence-electron chi connectivity index (χ1n) is 2.14. The lowest BCUT2D eigenvalue weighted by atomic mass is 10.4. The summed E-state index contributed by atoms with van der Waals surface area (Å²) < 4.78 is 0. The average molecular weight is 155 g/mol. The third kappa shape index (κ3) is 1.28. The van der Waals surface area contributed by atoms with Crippen molar-refractivity contribution in [2.24, 2.45) is 0 Å². The van der Waals surface area contributed by atoms with Crippen molar-refractivity contribution in [2.75, 3.05) is 6.61 Å². The van der Waals surface area contributed by atoms with Crippen LogP contribution in [0.1, 0.15) is 6.42 Å². The molecule has 1 aliphatic rings. The third-order valence-corrected chi connectivity index (χ3v) is 1.50. The Balaban J connectivity index is 2.60. The maximum absolute atomic E-state index is 5.51. The van der Waals surface area contributed by atoms with Crippen LogP contribution in [0.15, 0.2) is 10.3 Å². The maximum Gasteiger partial charge on any atom is 0.246 e. The summed E-state index contributed by atoms with van der Waals surface area (Å²) in [6, 6.07) is 0. The van der Waals surface area contributed by atoms with Crippen molar-refractivity contribution in [3.8, 4) is 0 Å². The topological polar surface area (TPSA) is 18.5 Å². The Labute approximate surface area is 56.9 Å². The molecule has 0 N–H and O–H groups in total. The molecular weight excluding hydrogens is 151 g/mol. The first kappa shape index (κ1) is 6.20. The Kier molecular flexibility index (Phi) is 2.00. The quantitative estimate of drug-likeness (QED) is 0.498. The van der Waals surface area contributed by atoms with Crippen molar-refractivity contribution >= 4 is 23.2 Å². The van der Waals surface area contributed by atoms with Gasteiger partial charge in [0.1, 0.15) is 0 Å². The van der Waals surface area contributed by atoms with E-state index >= 15 is 0 Å². The zero-order chi connectivity index (χ0) is 5.98. The molecule has 1 rings (SSSR count). The van der Waals surface area contributed by atoms with Gasteiger partial charge in [0, 0.05) is 6.42 Å². The van der Waals surface area contributed by atoms with Gasteiger partial charge in [0.25, 0.3) is 0 Å². The molecule has 0 aromatic carbocycles. The first-order valence-corrected chi connectivity index (χ1v) is 2.90. The average Bonchev–Trinajstić information content (AvgIpc) is 1.77. The zero-order valence-electron chi connectivity index (χ0n) is 3.99. The molecule has 1 aliphatic heterocycles. The van der Waals surface area contributed by atoms with Gasteiger partial charge >= 0.3 is 0 Å². The van der Waals surface area contributed by atoms with Crippen LogP contribution in [0.2, 0.25) is 0 Å². The van der Waals surface area contributed by atoms with E-state index in [1.165, 1.54) is 0 Å². The SMILES string of the molecule is ClC1=C(Cl)OOCC1. The van der Waals surface area contributed by atoms with Gasteiger partial charge in [-0.2, -0.15) is 4.89 Å². The van der Waals surface area contributed by atoms with E-state index in [0.717, 1.165) is 0 Å². The largest absolute Gasteiger partial charge is 0.324 e. The molecule has 0 spiro atoms. The van der Waals surface area contributed by atoms with Crippen LogP contribution in [0.3, 0.4) is 0 Å². The summed E-state index contributed by atoms with van der Waals surface area (Å²) >= 11 is 10.9. The van der Waals surface area contributed by atoms with Crippen molar-refractivity contribution in [2.45, 2.75) is 6.42 Å². The minimum atomic E-state index is 0.151. The standard InChI is InChI=1S/C4H4Cl2O2/c5-3-1-2-7-8-4(3)6/h1-2H2. The van der Waals surface area contributed by atoms with Gasteiger partial charge in [-0.25, -0.2) is 0 Å². The Hall–Kier alpha value is 0.0800. The summed E-state index contributed by atoms with van der Waals surface area (Å²) in [5.74, 6) is 0. The van der Waals surface area contributed by atoms with Gasteiger partial charge in [0.05, 0.1) is 11.6 Å². The van der Waals surface area contributed by atoms with Crippen LogP contribution in [0.25, 0.3) is 0 Å². The highest BCUT2D eigenvalue weighted by atomic mass is 35.5. The second-order valence-electron chi connectivity index (χ2n) is 1.33. The fourth-order valence-electron chi connectivity index (χ4n) is 0.368. The third-order valence-electron chi connectivity index (χ3n) is 0.750. The molecule has 0 atom stereocenters. The van der Waals surface area contributed by atoms with Crippen molar-refractivity contribution in [3.05, 3.63) is 10.3 Å². The summed E-state index contributed by atoms with van der Waals surface area (Å²) in [5, 5.41) is 0.677. The van der Waals surface area contributed by atoms with Gasteiger partial charge in [-0.05, 0) is 11.6 Å². The van der Waals surface area contributed by atoms with Crippen LogP contribution in [0.4, 0.5) is 0 Å². The molecule has 0 saturated carbocycles. The van der Waals surface area contributed by atoms with E-state index < -0.39 is 0 Å². The molecule has 0 aromatic rings. The lowest BCUT2D eigenvalue weighted by Gasteiger charge is -2.09. The Bertz CT molecular complexity index is 107. The summed E-state index contributed by atoms with van der Waals surface area (Å²) in [7, 11) is 0. The molecule has 0 unspecified atom stereocenters. The number of hydrogen-bond acceptors (Lipinski definition) is 2. The van der Waals surface area contributed by atoms with E-state index in [1.807, 2.05) is 0 Å². The highest BCUT2D eigenvalue weighted by Crippen LogP contribution is 2.22. The Morgan fingerprint density at radius 1 is 1.38 bits per heavy atom. The van der Waals surface area contributed by atoms with E-state index in [4.69, 9.17) is 23.2 Å². The maximum atomic E-state index is 5.51. The summed E-state index contributed by atoms with van der Waals surface area (Å²) in [6.45, 7) is 0.481.